The number of rotatable bonds is 4. The summed E-state index contributed by atoms with van der Waals surface area (Å²) in [5.41, 5.74) is 1.06. The van der Waals surface area contributed by atoms with Gasteiger partial charge in [-0.1, -0.05) is 6.07 Å². The number of hydrogen-bond donors (Lipinski definition) is 1. The molecule has 0 aliphatic carbocycles. The third-order valence-corrected chi connectivity index (χ3v) is 4.09. The number of hydrogen-bond acceptors (Lipinski definition) is 4. The number of nitrogens with one attached hydrogen (secondary N) is 1. The van der Waals surface area contributed by atoms with Crippen molar-refractivity contribution >= 4 is 17.3 Å². The minimum absolute atomic E-state index is 0.0343. The van der Waals surface area contributed by atoms with Crippen LogP contribution in [-0.2, 0) is 4.79 Å². The van der Waals surface area contributed by atoms with Gasteiger partial charge >= 0.3 is 0 Å². The van der Waals surface area contributed by atoms with Crippen molar-refractivity contribution in [2.45, 2.75) is 26.2 Å². The lowest BCUT2D eigenvalue weighted by molar-refractivity contribution is -0.385. The molecular weight excluding hydrogens is 270 g/mol. The fourth-order valence-corrected chi connectivity index (χ4v) is 2.69. The first-order valence-corrected chi connectivity index (χ1v) is 7.19. The molecule has 21 heavy (non-hydrogen) atoms. The summed E-state index contributed by atoms with van der Waals surface area (Å²) in [4.78, 5) is 24.8. The van der Waals surface area contributed by atoms with E-state index in [1.54, 1.807) is 19.1 Å². The molecule has 1 amide bonds. The lowest BCUT2D eigenvalue weighted by atomic mass is 9.93. The summed E-state index contributed by atoms with van der Waals surface area (Å²) in [6.07, 6.45) is 2.53. The second kappa shape index (κ2) is 6.67. The molecule has 1 fully saturated rings. The van der Waals surface area contributed by atoms with Crippen molar-refractivity contribution in [2.24, 2.45) is 5.92 Å². The van der Waals surface area contributed by atoms with E-state index in [0.29, 0.717) is 23.6 Å². The van der Waals surface area contributed by atoms with Gasteiger partial charge in [0.15, 0.2) is 0 Å². The van der Waals surface area contributed by atoms with E-state index in [-0.39, 0.29) is 11.6 Å². The van der Waals surface area contributed by atoms with Crippen LogP contribution in [-0.4, -0.2) is 35.9 Å². The zero-order valence-electron chi connectivity index (χ0n) is 12.5. The van der Waals surface area contributed by atoms with Crippen molar-refractivity contribution in [1.29, 1.82) is 0 Å². The fraction of sp³-hybridized carbons (Fsp3) is 0.533. The van der Waals surface area contributed by atoms with Gasteiger partial charge in [-0.3, -0.25) is 14.9 Å². The summed E-state index contributed by atoms with van der Waals surface area (Å²) in [6.45, 7) is 3.70. The van der Waals surface area contributed by atoms with Crippen LogP contribution in [0.3, 0.4) is 0 Å². The van der Waals surface area contributed by atoms with Crippen molar-refractivity contribution in [3.63, 3.8) is 0 Å². The van der Waals surface area contributed by atoms with Gasteiger partial charge in [-0.25, -0.2) is 0 Å². The number of nitrogens with zero attached hydrogens (tertiary/aromatic N) is 2. The minimum atomic E-state index is -0.429. The number of carbonyl (C=O) groups excluding carboxylic acids is 1. The Labute approximate surface area is 124 Å². The van der Waals surface area contributed by atoms with Crippen LogP contribution < -0.4 is 5.32 Å². The Bertz CT molecular complexity index is 537. The van der Waals surface area contributed by atoms with Crippen LogP contribution in [0.15, 0.2) is 18.2 Å². The molecule has 1 N–H and O–H groups in total. The van der Waals surface area contributed by atoms with Crippen LogP contribution in [0.4, 0.5) is 11.4 Å². The van der Waals surface area contributed by atoms with Crippen molar-refractivity contribution in [3.8, 4) is 0 Å². The summed E-state index contributed by atoms with van der Waals surface area (Å²) in [5.74, 6) is 0.341. The first-order valence-electron chi connectivity index (χ1n) is 7.19. The number of nitro groups is 1. The highest BCUT2D eigenvalue weighted by Crippen LogP contribution is 2.26. The molecule has 1 aliphatic rings. The number of carbonyl (C=O) groups is 1. The maximum atomic E-state index is 12.1. The molecule has 0 aromatic heterocycles. The third kappa shape index (κ3) is 4.01. The Balaban J connectivity index is 1.97. The highest BCUT2D eigenvalue weighted by atomic mass is 16.6. The van der Waals surface area contributed by atoms with Crippen LogP contribution >= 0.6 is 0 Å². The highest BCUT2D eigenvalue weighted by Gasteiger charge is 2.20. The van der Waals surface area contributed by atoms with Crippen LogP contribution in [0.25, 0.3) is 0 Å². The van der Waals surface area contributed by atoms with E-state index in [1.165, 1.54) is 6.07 Å². The normalized spacial score (nSPS) is 16.7. The van der Waals surface area contributed by atoms with Gasteiger partial charge in [-0.05, 0) is 51.9 Å². The third-order valence-electron chi connectivity index (χ3n) is 4.09. The molecule has 1 aromatic rings. The molecule has 6 heteroatoms. The average Bonchev–Trinajstić information content (AvgIpc) is 2.43. The SMILES string of the molecule is Cc1c(NC(=O)CC2CCN(C)CC2)cccc1[N+](=O)[O-]. The molecule has 1 aliphatic heterocycles. The van der Waals surface area contributed by atoms with E-state index in [9.17, 15) is 14.9 Å². The molecule has 0 bridgehead atoms. The average molecular weight is 291 g/mol. The van der Waals surface area contributed by atoms with E-state index in [2.05, 4.69) is 17.3 Å². The maximum absolute atomic E-state index is 12.1. The first kappa shape index (κ1) is 15.4. The minimum Gasteiger partial charge on any atom is -0.326 e. The van der Waals surface area contributed by atoms with Gasteiger partial charge in [0.2, 0.25) is 5.91 Å². The van der Waals surface area contributed by atoms with E-state index in [1.807, 2.05) is 0 Å². The monoisotopic (exact) mass is 291 g/mol. The molecular formula is C15H21N3O3. The Morgan fingerprint density at radius 2 is 2.10 bits per heavy atom. The van der Waals surface area contributed by atoms with Gasteiger partial charge in [0.05, 0.1) is 16.2 Å². The molecule has 114 valence electrons. The summed E-state index contributed by atoms with van der Waals surface area (Å²) in [7, 11) is 2.09. The molecule has 1 saturated heterocycles. The number of anilines is 1. The van der Waals surface area contributed by atoms with Crippen molar-refractivity contribution in [1.82, 2.24) is 4.90 Å². The Morgan fingerprint density at radius 1 is 1.43 bits per heavy atom. The summed E-state index contributed by atoms with van der Waals surface area (Å²) < 4.78 is 0. The van der Waals surface area contributed by atoms with Gasteiger partial charge in [-0.15, -0.1) is 0 Å². The fourth-order valence-electron chi connectivity index (χ4n) is 2.69. The molecule has 6 nitrogen and oxygen atoms in total. The smallest absolute Gasteiger partial charge is 0.274 e. The van der Waals surface area contributed by atoms with Gasteiger partial charge in [0, 0.05) is 12.5 Å². The summed E-state index contributed by atoms with van der Waals surface area (Å²) >= 11 is 0. The number of piperidine rings is 1. The number of amides is 1. The Kier molecular flexibility index (Phi) is 4.90. The largest absolute Gasteiger partial charge is 0.326 e. The predicted molar refractivity (Wildman–Crippen MR) is 81.3 cm³/mol. The molecule has 1 heterocycles. The molecule has 0 spiro atoms. The van der Waals surface area contributed by atoms with E-state index in [4.69, 9.17) is 0 Å². The zero-order valence-corrected chi connectivity index (χ0v) is 12.5. The lowest BCUT2D eigenvalue weighted by Crippen LogP contribution is -2.32. The van der Waals surface area contributed by atoms with Crippen molar-refractivity contribution in [3.05, 3.63) is 33.9 Å². The van der Waals surface area contributed by atoms with Crippen LogP contribution in [0.2, 0.25) is 0 Å². The van der Waals surface area contributed by atoms with E-state index >= 15 is 0 Å². The molecule has 0 saturated carbocycles. The van der Waals surface area contributed by atoms with Crippen LogP contribution in [0.5, 0.6) is 0 Å². The quantitative estimate of drug-likeness (QED) is 0.683. The van der Waals surface area contributed by atoms with Gasteiger partial charge < -0.3 is 10.2 Å². The molecule has 0 radical (unpaired) electrons. The molecule has 2 rings (SSSR count). The van der Waals surface area contributed by atoms with E-state index < -0.39 is 4.92 Å². The first-order chi connectivity index (χ1) is 9.97. The maximum Gasteiger partial charge on any atom is 0.274 e. The molecule has 0 atom stereocenters. The summed E-state index contributed by atoms with van der Waals surface area (Å²) in [6, 6.07) is 4.74. The number of likely N-dealkylation sites (tertiary alicyclic amines) is 1. The Hall–Kier alpha value is -1.95. The molecule has 0 unspecified atom stereocenters. The zero-order chi connectivity index (χ0) is 15.4. The number of nitro benzene ring substituents is 1. The van der Waals surface area contributed by atoms with Crippen molar-refractivity contribution in [2.75, 3.05) is 25.5 Å². The van der Waals surface area contributed by atoms with E-state index in [0.717, 1.165) is 25.9 Å². The van der Waals surface area contributed by atoms with Crippen LogP contribution in [0.1, 0.15) is 24.8 Å². The number of benzene rings is 1. The van der Waals surface area contributed by atoms with Gasteiger partial charge in [0.1, 0.15) is 0 Å². The Morgan fingerprint density at radius 3 is 2.71 bits per heavy atom. The van der Waals surface area contributed by atoms with Gasteiger partial charge in [0.25, 0.3) is 5.69 Å². The second-order valence-electron chi connectivity index (χ2n) is 5.71. The van der Waals surface area contributed by atoms with Crippen LogP contribution in [0, 0.1) is 23.0 Å². The van der Waals surface area contributed by atoms with Crippen molar-refractivity contribution < 1.29 is 9.72 Å². The van der Waals surface area contributed by atoms with Gasteiger partial charge in [-0.2, -0.15) is 0 Å². The molecule has 1 aromatic carbocycles. The lowest BCUT2D eigenvalue weighted by Gasteiger charge is -2.28. The highest BCUT2D eigenvalue weighted by molar-refractivity contribution is 5.92. The summed E-state index contributed by atoms with van der Waals surface area (Å²) in [5, 5.41) is 13.7. The second-order valence-corrected chi connectivity index (χ2v) is 5.71. The topological polar surface area (TPSA) is 75.5 Å². The standard InChI is InChI=1S/C15H21N3O3/c1-11-13(4-3-5-14(11)18(20)21)16-15(19)10-12-6-8-17(2)9-7-12/h3-5,12H,6-10H2,1-2H3,(H,16,19). The predicted octanol–water partition coefficient (Wildman–Crippen LogP) is 2.57.